The van der Waals surface area contributed by atoms with Crippen molar-refractivity contribution >= 4 is 6.09 Å². The Bertz CT molecular complexity index is 525. The number of hydrogen-bond acceptors (Lipinski definition) is 4. The monoisotopic (exact) mass is 287 g/mol. The quantitative estimate of drug-likeness (QED) is 0.927. The molecule has 5 heteroatoms. The van der Waals surface area contributed by atoms with E-state index in [1.807, 2.05) is 51.1 Å². The highest BCUT2D eigenvalue weighted by molar-refractivity contribution is 5.69. The highest BCUT2D eigenvalue weighted by atomic mass is 16.6. The van der Waals surface area contributed by atoms with Crippen molar-refractivity contribution in [3.63, 3.8) is 0 Å². The number of rotatable bonds is 3. The first-order valence-corrected chi connectivity index (χ1v) is 7.07. The van der Waals surface area contributed by atoms with Gasteiger partial charge in [0.1, 0.15) is 11.6 Å². The van der Waals surface area contributed by atoms with Gasteiger partial charge in [-0.2, -0.15) is 5.26 Å². The second-order valence-corrected chi connectivity index (χ2v) is 6.22. The summed E-state index contributed by atoms with van der Waals surface area (Å²) in [4.78, 5) is 13.5. The van der Waals surface area contributed by atoms with Crippen molar-refractivity contribution in [3.05, 3.63) is 35.9 Å². The normalized spacial score (nSPS) is 16.8. The van der Waals surface area contributed by atoms with Gasteiger partial charge in [0.2, 0.25) is 0 Å². The number of carbonyl (C=O) groups excluding carboxylic acids is 1. The molecule has 1 amide bonds. The molecule has 0 bridgehead atoms. The molecule has 1 saturated heterocycles. The molecule has 5 nitrogen and oxygen atoms in total. The van der Waals surface area contributed by atoms with Crippen LogP contribution >= 0.6 is 0 Å². The van der Waals surface area contributed by atoms with Crippen molar-refractivity contribution in [2.24, 2.45) is 0 Å². The van der Waals surface area contributed by atoms with Gasteiger partial charge in [-0.15, -0.1) is 0 Å². The summed E-state index contributed by atoms with van der Waals surface area (Å²) in [5.41, 5.74) is 0.463. The topological polar surface area (TPSA) is 65.4 Å². The van der Waals surface area contributed by atoms with Crippen molar-refractivity contribution in [3.8, 4) is 6.07 Å². The fraction of sp³-hybridized carbons (Fsp3) is 0.500. The first-order chi connectivity index (χ1) is 9.89. The zero-order chi connectivity index (χ0) is 15.5. The number of nitrogens with one attached hydrogen (secondary N) is 1. The molecule has 112 valence electrons. The van der Waals surface area contributed by atoms with Crippen molar-refractivity contribution in [1.82, 2.24) is 10.2 Å². The van der Waals surface area contributed by atoms with Crippen molar-refractivity contribution in [2.45, 2.75) is 38.5 Å². The number of nitrogens with zero attached hydrogens (tertiary/aromatic N) is 2. The Balaban J connectivity index is 1.82. The van der Waals surface area contributed by atoms with E-state index >= 15 is 0 Å². The molecule has 1 atom stereocenters. The average molecular weight is 287 g/mol. The lowest BCUT2D eigenvalue weighted by atomic mass is 10.0. The standard InChI is InChI=1S/C16H21N3O2/c1-16(2,3)21-15(20)19-10-13(11-19)18-14(9-17)12-7-5-4-6-8-12/h4-8,13-14,18H,10-11H2,1-3H3/t14-/m1/s1. The first kappa shape index (κ1) is 15.3. The molecule has 1 aromatic carbocycles. The fourth-order valence-electron chi connectivity index (χ4n) is 2.15. The van der Waals surface area contributed by atoms with Crippen LogP contribution in [0.25, 0.3) is 0 Å². The molecule has 0 aromatic heterocycles. The number of ether oxygens (including phenoxy) is 1. The van der Waals surface area contributed by atoms with Gasteiger partial charge < -0.3 is 9.64 Å². The van der Waals surface area contributed by atoms with Gasteiger partial charge in [0, 0.05) is 19.1 Å². The summed E-state index contributed by atoms with van der Waals surface area (Å²) in [6, 6.07) is 11.6. The minimum atomic E-state index is -0.477. The van der Waals surface area contributed by atoms with Crippen molar-refractivity contribution in [1.29, 1.82) is 5.26 Å². The van der Waals surface area contributed by atoms with Crippen LogP contribution in [-0.4, -0.2) is 35.7 Å². The minimum absolute atomic E-state index is 0.127. The number of nitriles is 1. The number of amides is 1. The van der Waals surface area contributed by atoms with E-state index in [4.69, 9.17) is 4.74 Å². The van der Waals surface area contributed by atoms with Gasteiger partial charge in [0.15, 0.2) is 0 Å². The van der Waals surface area contributed by atoms with E-state index in [9.17, 15) is 10.1 Å². The van der Waals surface area contributed by atoms with Crippen LogP contribution in [0.15, 0.2) is 30.3 Å². The molecule has 1 N–H and O–H groups in total. The Morgan fingerprint density at radius 2 is 2.00 bits per heavy atom. The van der Waals surface area contributed by atoms with Gasteiger partial charge in [-0.25, -0.2) is 4.79 Å². The third kappa shape index (κ3) is 4.20. The molecule has 1 aliphatic heterocycles. The first-order valence-electron chi connectivity index (χ1n) is 7.07. The molecule has 2 rings (SSSR count). The number of carbonyl (C=O) groups is 1. The minimum Gasteiger partial charge on any atom is -0.444 e. The molecule has 1 heterocycles. The van der Waals surface area contributed by atoms with Gasteiger partial charge in [0.25, 0.3) is 0 Å². The van der Waals surface area contributed by atoms with E-state index in [1.165, 1.54) is 0 Å². The molecule has 21 heavy (non-hydrogen) atoms. The third-order valence-electron chi connectivity index (χ3n) is 3.20. The third-order valence-corrected chi connectivity index (χ3v) is 3.20. The predicted octanol–water partition coefficient (Wildman–Crippen LogP) is 2.46. The van der Waals surface area contributed by atoms with E-state index < -0.39 is 5.60 Å². The van der Waals surface area contributed by atoms with Crippen LogP contribution in [0.1, 0.15) is 32.4 Å². The predicted molar refractivity (Wildman–Crippen MR) is 79.5 cm³/mol. The Morgan fingerprint density at radius 1 is 1.38 bits per heavy atom. The molecule has 0 radical (unpaired) electrons. The van der Waals surface area contributed by atoms with Gasteiger partial charge in [-0.05, 0) is 26.3 Å². The Kier molecular flexibility index (Phi) is 4.49. The Hall–Kier alpha value is -2.06. The van der Waals surface area contributed by atoms with Crippen LogP contribution in [0, 0.1) is 11.3 Å². The fourth-order valence-corrected chi connectivity index (χ4v) is 2.15. The van der Waals surface area contributed by atoms with Crippen LogP contribution < -0.4 is 5.32 Å². The summed E-state index contributed by atoms with van der Waals surface area (Å²) in [6.07, 6.45) is -0.297. The van der Waals surface area contributed by atoms with Gasteiger partial charge >= 0.3 is 6.09 Å². The molecule has 0 unspecified atom stereocenters. The zero-order valence-electron chi connectivity index (χ0n) is 12.7. The summed E-state index contributed by atoms with van der Waals surface area (Å²) < 4.78 is 5.30. The maximum Gasteiger partial charge on any atom is 0.410 e. The SMILES string of the molecule is CC(C)(C)OC(=O)N1CC(N[C@H](C#N)c2ccccc2)C1. The second kappa shape index (κ2) is 6.15. The molecule has 0 saturated carbocycles. The Labute approximate surface area is 125 Å². The molecule has 1 aromatic rings. The van der Waals surface area contributed by atoms with Gasteiger partial charge in [-0.3, -0.25) is 5.32 Å². The van der Waals surface area contributed by atoms with E-state index in [-0.39, 0.29) is 18.2 Å². The molecular weight excluding hydrogens is 266 g/mol. The maximum atomic E-state index is 11.8. The number of hydrogen-bond donors (Lipinski definition) is 1. The zero-order valence-corrected chi connectivity index (χ0v) is 12.7. The average Bonchev–Trinajstić information content (AvgIpc) is 2.36. The highest BCUT2D eigenvalue weighted by Gasteiger charge is 2.34. The van der Waals surface area contributed by atoms with E-state index in [1.54, 1.807) is 4.90 Å². The van der Waals surface area contributed by atoms with E-state index in [0.29, 0.717) is 13.1 Å². The van der Waals surface area contributed by atoms with E-state index in [2.05, 4.69) is 11.4 Å². The summed E-state index contributed by atoms with van der Waals surface area (Å²) in [5.74, 6) is 0. The summed E-state index contributed by atoms with van der Waals surface area (Å²) in [6.45, 7) is 6.68. The molecule has 1 aliphatic rings. The maximum absolute atomic E-state index is 11.8. The van der Waals surface area contributed by atoms with Crippen LogP contribution in [0.2, 0.25) is 0 Å². The summed E-state index contributed by atoms with van der Waals surface area (Å²) >= 11 is 0. The molecular formula is C16H21N3O2. The van der Waals surface area contributed by atoms with E-state index in [0.717, 1.165) is 5.56 Å². The van der Waals surface area contributed by atoms with Crippen LogP contribution in [0.3, 0.4) is 0 Å². The second-order valence-electron chi connectivity index (χ2n) is 6.22. The van der Waals surface area contributed by atoms with Gasteiger partial charge in [-0.1, -0.05) is 30.3 Å². The Morgan fingerprint density at radius 3 is 2.52 bits per heavy atom. The lowest BCUT2D eigenvalue weighted by molar-refractivity contribution is 0.00475. The largest absolute Gasteiger partial charge is 0.444 e. The number of likely N-dealkylation sites (tertiary alicyclic amines) is 1. The van der Waals surface area contributed by atoms with Crippen molar-refractivity contribution < 1.29 is 9.53 Å². The summed E-state index contributed by atoms with van der Waals surface area (Å²) in [7, 11) is 0. The van der Waals surface area contributed by atoms with Crippen LogP contribution in [-0.2, 0) is 4.74 Å². The number of benzene rings is 1. The molecule has 0 aliphatic carbocycles. The van der Waals surface area contributed by atoms with Crippen molar-refractivity contribution in [2.75, 3.05) is 13.1 Å². The molecule has 0 spiro atoms. The highest BCUT2D eigenvalue weighted by Crippen LogP contribution is 2.18. The lowest BCUT2D eigenvalue weighted by Crippen LogP contribution is -2.60. The summed E-state index contributed by atoms with van der Waals surface area (Å²) in [5, 5.41) is 12.5. The van der Waals surface area contributed by atoms with Crippen LogP contribution in [0.4, 0.5) is 4.79 Å². The lowest BCUT2D eigenvalue weighted by Gasteiger charge is -2.41. The van der Waals surface area contributed by atoms with Gasteiger partial charge in [0.05, 0.1) is 6.07 Å². The van der Waals surface area contributed by atoms with Crippen LogP contribution in [0.5, 0.6) is 0 Å². The molecule has 1 fully saturated rings. The smallest absolute Gasteiger partial charge is 0.410 e.